The maximum absolute atomic E-state index is 11.9. The quantitative estimate of drug-likeness (QED) is 0.596. The van der Waals surface area contributed by atoms with Gasteiger partial charge in [-0.3, -0.25) is 4.79 Å². The summed E-state index contributed by atoms with van der Waals surface area (Å²) in [5, 5.41) is 12.0. The van der Waals surface area contributed by atoms with E-state index in [1.54, 1.807) is 4.90 Å². The van der Waals surface area contributed by atoms with Gasteiger partial charge >= 0.3 is 0 Å². The van der Waals surface area contributed by atoms with Crippen LogP contribution in [0.25, 0.3) is 0 Å². The summed E-state index contributed by atoms with van der Waals surface area (Å²) in [6, 6.07) is 0. The molecule has 15 heavy (non-hydrogen) atoms. The molecule has 4 heteroatoms. The van der Waals surface area contributed by atoms with Crippen molar-refractivity contribution < 1.29 is 9.90 Å². The maximum Gasteiger partial charge on any atom is 0.228 e. The lowest BCUT2D eigenvalue weighted by atomic mass is 10.0. The number of carbonyl (C=O) groups is 1. The lowest BCUT2D eigenvalue weighted by molar-refractivity contribution is -0.137. The highest BCUT2D eigenvalue weighted by Gasteiger charge is 2.28. The Morgan fingerprint density at radius 1 is 1.40 bits per heavy atom. The molecule has 1 aliphatic heterocycles. The van der Waals surface area contributed by atoms with Crippen molar-refractivity contribution in [2.24, 2.45) is 5.92 Å². The van der Waals surface area contributed by atoms with Crippen molar-refractivity contribution in [3.63, 3.8) is 0 Å². The van der Waals surface area contributed by atoms with Crippen LogP contribution in [0, 0.1) is 5.92 Å². The van der Waals surface area contributed by atoms with E-state index in [2.05, 4.69) is 12.2 Å². The number of carbonyl (C=O) groups excluding carboxylic acids is 1. The second kappa shape index (κ2) is 6.80. The van der Waals surface area contributed by atoms with Gasteiger partial charge in [-0.25, -0.2) is 0 Å². The van der Waals surface area contributed by atoms with Crippen molar-refractivity contribution in [2.45, 2.75) is 26.2 Å². The first-order valence-corrected chi connectivity index (χ1v) is 5.90. The van der Waals surface area contributed by atoms with E-state index in [0.29, 0.717) is 6.54 Å². The van der Waals surface area contributed by atoms with Crippen LogP contribution in [0.2, 0.25) is 0 Å². The second-order valence-electron chi connectivity index (χ2n) is 4.11. The number of amides is 1. The molecule has 0 unspecified atom stereocenters. The fourth-order valence-electron chi connectivity index (χ4n) is 1.73. The first kappa shape index (κ1) is 12.5. The normalized spacial score (nSPS) is 16.1. The first-order chi connectivity index (χ1) is 7.29. The minimum Gasteiger partial charge on any atom is -0.395 e. The van der Waals surface area contributed by atoms with Crippen LogP contribution in [-0.2, 0) is 4.79 Å². The Bertz CT molecular complexity index is 193. The molecule has 0 aromatic heterocycles. The number of nitrogens with one attached hydrogen (secondary N) is 1. The molecular weight excluding hydrogens is 192 g/mol. The predicted molar refractivity (Wildman–Crippen MR) is 59.6 cm³/mol. The molecule has 88 valence electrons. The summed E-state index contributed by atoms with van der Waals surface area (Å²) in [6.45, 7) is 5.10. The molecule has 0 saturated carbocycles. The molecule has 1 amide bonds. The Balaban J connectivity index is 2.30. The van der Waals surface area contributed by atoms with Gasteiger partial charge in [-0.1, -0.05) is 19.8 Å². The molecule has 1 heterocycles. The molecule has 1 rings (SSSR count). The predicted octanol–water partition coefficient (Wildman–Crippen LogP) is 0.217. The molecule has 1 fully saturated rings. The fraction of sp³-hybridized carbons (Fsp3) is 0.909. The standard InChI is InChI=1S/C11H22N2O2/c1-2-3-4-5-13(6-7-14)11(15)10-8-12-9-10/h10,12,14H,2-9H2,1H3. The zero-order valence-corrected chi connectivity index (χ0v) is 9.54. The van der Waals surface area contributed by atoms with Gasteiger partial charge in [0.25, 0.3) is 0 Å². The smallest absolute Gasteiger partial charge is 0.228 e. The first-order valence-electron chi connectivity index (χ1n) is 5.90. The van der Waals surface area contributed by atoms with Gasteiger partial charge in [0.15, 0.2) is 0 Å². The van der Waals surface area contributed by atoms with Crippen LogP contribution in [0.3, 0.4) is 0 Å². The zero-order valence-electron chi connectivity index (χ0n) is 9.54. The van der Waals surface area contributed by atoms with Gasteiger partial charge in [0.1, 0.15) is 0 Å². The molecule has 0 aromatic rings. The van der Waals surface area contributed by atoms with Gasteiger partial charge < -0.3 is 15.3 Å². The summed E-state index contributed by atoms with van der Waals surface area (Å²) in [5.74, 6) is 0.358. The number of nitrogens with zero attached hydrogens (tertiary/aromatic N) is 1. The van der Waals surface area contributed by atoms with Crippen LogP contribution in [-0.4, -0.2) is 48.7 Å². The van der Waals surface area contributed by atoms with E-state index in [4.69, 9.17) is 5.11 Å². The van der Waals surface area contributed by atoms with Crippen molar-refractivity contribution in [3.05, 3.63) is 0 Å². The molecule has 1 aliphatic rings. The summed E-state index contributed by atoms with van der Waals surface area (Å²) in [6.07, 6.45) is 3.35. The van der Waals surface area contributed by atoms with Crippen LogP contribution >= 0.6 is 0 Å². The Morgan fingerprint density at radius 2 is 2.13 bits per heavy atom. The highest BCUT2D eigenvalue weighted by molar-refractivity contribution is 5.80. The molecule has 0 atom stereocenters. The van der Waals surface area contributed by atoms with Crippen molar-refractivity contribution in [1.82, 2.24) is 10.2 Å². The minimum absolute atomic E-state index is 0.0675. The Kier molecular flexibility index (Phi) is 5.65. The lowest BCUT2D eigenvalue weighted by Gasteiger charge is -2.32. The number of aliphatic hydroxyl groups is 1. The number of unbranched alkanes of at least 4 members (excludes halogenated alkanes) is 2. The van der Waals surface area contributed by atoms with Crippen molar-refractivity contribution >= 4 is 5.91 Å². The zero-order chi connectivity index (χ0) is 11.1. The van der Waals surface area contributed by atoms with Crippen molar-refractivity contribution in [3.8, 4) is 0 Å². The molecule has 0 aromatic carbocycles. The lowest BCUT2D eigenvalue weighted by Crippen LogP contribution is -2.52. The molecule has 2 N–H and O–H groups in total. The third-order valence-corrected chi connectivity index (χ3v) is 2.84. The van der Waals surface area contributed by atoms with Crippen LogP contribution in [0.1, 0.15) is 26.2 Å². The molecule has 0 aliphatic carbocycles. The van der Waals surface area contributed by atoms with E-state index in [1.807, 2.05) is 0 Å². The number of aliphatic hydroxyl groups excluding tert-OH is 1. The van der Waals surface area contributed by atoms with E-state index in [1.165, 1.54) is 0 Å². The SMILES string of the molecule is CCCCCN(CCO)C(=O)C1CNC1. The summed E-state index contributed by atoms with van der Waals surface area (Å²) in [4.78, 5) is 13.7. The van der Waals surface area contributed by atoms with Crippen molar-refractivity contribution in [2.75, 3.05) is 32.8 Å². The van der Waals surface area contributed by atoms with Gasteiger partial charge in [-0.15, -0.1) is 0 Å². The average Bonchev–Trinajstić information content (AvgIpc) is 2.14. The average molecular weight is 214 g/mol. The molecule has 4 nitrogen and oxygen atoms in total. The van der Waals surface area contributed by atoms with Crippen LogP contribution in [0.5, 0.6) is 0 Å². The van der Waals surface area contributed by atoms with Gasteiger partial charge in [0, 0.05) is 26.2 Å². The maximum atomic E-state index is 11.9. The van der Waals surface area contributed by atoms with E-state index in [9.17, 15) is 4.79 Å². The second-order valence-corrected chi connectivity index (χ2v) is 4.11. The molecule has 0 radical (unpaired) electrons. The van der Waals surface area contributed by atoms with E-state index < -0.39 is 0 Å². The fourth-order valence-corrected chi connectivity index (χ4v) is 1.73. The molecule has 0 spiro atoms. The minimum atomic E-state index is 0.0675. The van der Waals surface area contributed by atoms with Crippen LogP contribution in [0.4, 0.5) is 0 Å². The number of hydrogen-bond donors (Lipinski definition) is 2. The summed E-state index contributed by atoms with van der Waals surface area (Å²) in [5.41, 5.74) is 0. The summed E-state index contributed by atoms with van der Waals surface area (Å²) < 4.78 is 0. The number of rotatable bonds is 7. The molecule has 0 bridgehead atoms. The largest absolute Gasteiger partial charge is 0.395 e. The van der Waals surface area contributed by atoms with Crippen LogP contribution < -0.4 is 5.32 Å². The van der Waals surface area contributed by atoms with Gasteiger partial charge in [-0.2, -0.15) is 0 Å². The van der Waals surface area contributed by atoms with E-state index in [0.717, 1.165) is 38.9 Å². The van der Waals surface area contributed by atoms with Gasteiger partial charge in [0.05, 0.1) is 12.5 Å². The third-order valence-electron chi connectivity index (χ3n) is 2.84. The topological polar surface area (TPSA) is 52.6 Å². The molecular formula is C11H22N2O2. The Labute approximate surface area is 91.6 Å². The Morgan fingerprint density at radius 3 is 2.60 bits per heavy atom. The van der Waals surface area contributed by atoms with Crippen LogP contribution in [0.15, 0.2) is 0 Å². The number of hydrogen-bond acceptors (Lipinski definition) is 3. The van der Waals surface area contributed by atoms with E-state index in [-0.39, 0.29) is 18.4 Å². The van der Waals surface area contributed by atoms with Gasteiger partial charge in [0.2, 0.25) is 5.91 Å². The monoisotopic (exact) mass is 214 g/mol. The summed E-state index contributed by atoms with van der Waals surface area (Å²) in [7, 11) is 0. The summed E-state index contributed by atoms with van der Waals surface area (Å²) >= 11 is 0. The highest BCUT2D eigenvalue weighted by Crippen LogP contribution is 2.09. The third kappa shape index (κ3) is 3.80. The van der Waals surface area contributed by atoms with E-state index >= 15 is 0 Å². The highest BCUT2D eigenvalue weighted by atomic mass is 16.3. The van der Waals surface area contributed by atoms with Gasteiger partial charge in [-0.05, 0) is 6.42 Å². The Hall–Kier alpha value is -0.610. The molecule has 1 saturated heterocycles. The van der Waals surface area contributed by atoms with Crippen molar-refractivity contribution in [1.29, 1.82) is 0 Å².